The number of carbonyl (C=O) groups is 1. The van der Waals surface area contributed by atoms with E-state index in [-0.39, 0.29) is 28.1 Å². The van der Waals surface area contributed by atoms with Crippen molar-refractivity contribution in [2.45, 2.75) is 75.7 Å². The van der Waals surface area contributed by atoms with Crippen molar-refractivity contribution in [2.75, 3.05) is 26.2 Å². The monoisotopic (exact) mass is 327 g/mol. The van der Waals surface area contributed by atoms with Gasteiger partial charge in [0.25, 0.3) is 0 Å². The highest BCUT2D eigenvalue weighted by Crippen LogP contribution is 2.48. The fourth-order valence-electron chi connectivity index (χ4n) is 2.68. The molecule has 23 heavy (non-hydrogen) atoms. The third kappa shape index (κ3) is 7.24. The van der Waals surface area contributed by atoms with Gasteiger partial charge >= 0.3 is 5.97 Å². The Morgan fingerprint density at radius 2 is 1.43 bits per heavy atom. The molecular formula is C20H41NO2. The number of esters is 1. The van der Waals surface area contributed by atoms with Crippen LogP contribution in [0.3, 0.4) is 0 Å². The van der Waals surface area contributed by atoms with Crippen molar-refractivity contribution in [2.24, 2.45) is 22.2 Å². The van der Waals surface area contributed by atoms with E-state index in [1.54, 1.807) is 0 Å². The Balaban J connectivity index is 5.05. The van der Waals surface area contributed by atoms with Crippen LogP contribution in [0.1, 0.15) is 75.7 Å². The van der Waals surface area contributed by atoms with Crippen LogP contribution in [0.15, 0.2) is 0 Å². The molecule has 0 saturated carbocycles. The maximum Gasteiger partial charge on any atom is 0.309 e. The number of ether oxygens (including phenoxy) is 1. The van der Waals surface area contributed by atoms with Gasteiger partial charge < -0.3 is 9.64 Å². The Labute approximate surface area is 145 Å². The van der Waals surface area contributed by atoms with E-state index >= 15 is 0 Å². The van der Waals surface area contributed by atoms with E-state index in [0.29, 0.717) is 6.61 Å². The molecule has 0 bridgehead atoms. The second-order valence-electron chi connectivity index (χ2n) is 9.48. The lowest BCUT2D eigenvalue weighted by Gasteiger charge is -2.45. The van der Waals surface area contributed by atoms with E-state index in [1.165, 1.54) is 0 Å². The van der Waals surface area contributed by atoms with E-state index in [1.807, 2.05) is 0 Å². The largest absolute Gasteiger partial charge is 0.464 e. The number of likely N-dealkylation sites (N-methyl/N-ethyl adjacent to an activating group) is 1. The molecule has 0 aliphatic rings. The molecule has 0 spiro atoms. The van der Waals surface area contributed by atoms with Gasteiger partial charge in [-0.25, -0.2) is 0 Å². The average Bonchev–Trinajstić information content (AvgIpc) is 2.38. The molecule has 0 aromatic carbocycles. The predicted octanol–water partition coefficient (Wildman–Crippen LogP) is 5.00. The zero-order valence-electron chi connectivity index (χ0n) is 17.4. The first-order chi connectivity index (χ1) is 10.3. The van der Waals surface area contributed by atoms with Crippen LogP contribution in [0.4, 0.5) is 0 Å². The summed E-state index contributed by atoms with van der Waals surface area (Å²) in [6.07, 6.45) is 0.849. The molecule has 0 aliphatic heterocycles. The first-order valence-electron chi connectivity index (χ1n) is 9.15. The number of hydrogen-bond donors (Lipinski definition) is 0. The van der Waals surface area contributed by atoms with E-state index < -0.39 is 0 Å². The Hall–Kier alpha value is -0.570. The van der Waals surface area contributed by atoms with Crippen LogP contribution in [0.25, 0.3) is 0 Å². The lowest BCUT2D eigenvalue weighted by Crippen LogP contribution is -2.44. The average molecular weight is 328 g/mol. The molecule has 1 atom stereocenters. The summed E-state index contributed by atoms with van der Waals surface area (Å²) < 4.78 is 5.69. The van der Waals surface area contributed by atoms with Crippen molar-refractivity contribution >= 4 is 5.97 Å². The molecule has 0 aliphatic carbocycles. The third-order valence-electron chi connectivity index (χ3n) is 5.45. The molecule has 0 saturated heterocycles. The van der Waals surface area contributed by atoms with Gasteiger partial charge in [0.2, 0.25) is 0 Å². The lowest BCUT2D eigenvalue weighted by atomic mass is 9.59. The van der Waals surface area contributed by atoms with Crippen LogP contribution in [0.2, 0.25) is 0 Å². The summed E-state index contributed by atoms with van der Waals surface area (Å²) >= 11 is 0. The zero-order chi connectivity index (χ0) is 18.5. The van der Waals surface area contributed by atoms with Gasteiger partial charge in [0.15, 0.2) is 0 Å². The summed E-state index contributed by atoms with van der Waals surface area (Å²) in [7, 11) is 0. The molecule has 138 valence electrons. The SMILES string of the molecule is CCN(CC)CCOC(=O)C(CC(C)(C)C)C(C)(C)C(C)(C)C. The molecule has 0 amide bonds. The molecule has 3 heteroatoms. The summed E-state index contributed by atoms with van der Waals surface area (Å²) in [5.41, 5.74) is 0.0262. The van der Waals surface area contributed by atoms with E-state index in [9.17, 15) is 4.79 Å². The Morgan fingerprint density at radius 1 is 0.957 bits per heavy atom. The maximum absolute atomic E-state index is 12.8. The third-order valence-corrected chi connectivity index (χ3v) is 5.45. The predicted molar refractivity (Wildman–Crippen MR) is 99.5 cm³/mol. The van der Waals surface area contributed by atoms with Gasteiger partial charge in [-0.1, -0.05) is 69.2 Å². The first-order valence-corrected chi connectivity index (χ1v) is 9.15. The molecule has 0 rings (SSSR count). The van der Waals surface area contributed by atoms with Crippen LogP contribution in [0.5, 0.6) is 0 Å². The molecular weight excluding hydrogens is 286 g/mol. The summed E-state index contributed by atoms with van der Waals surface area (Å²) in [5, 5.41) is 0. The second-order valence-corrected chi connectivity index (χ2v) is 9.48. The van der Waals surface area contributed by atoms with Crippen molar-refractivity contribution in [3.63, 3.8) is 0 Å². The van der Waals surface area contributed by atoms with Gasteiger partial charge in [0.1, 0.15) is 6.61 Å². The van der Waals surface area contributed by atoms with Gasteiger partial charge in [-0.3, -0.25) is 4.79 Å². The maximum atomic E-state index is 12.8. The van der Waals surface area contributed by atoms with E-state index in [0.717, 1.165) is 26.1 Å². The van der Waals surface area contributed by atoms with Gasteiger partial charge in [-0.15, -0.1) is 0 Å². The first kappa shape index (κ1) is 22.4. The van der Waals surface area contributed by atoms with Crippen molar-refractivity contribution < 1.29 is 9.53 Å². The normalized spacial score (nSPS) is 14.9. The Morgan fingerprint density at radius 3 is 1.78 bits per heavy atom. The van der Waals surface area contributed by atoms with Crippen molar-refractivity contribution in [3.05, 3.63) is 0 Å². The number of carbonyl (C=O) groups excluding carboxylic acids is 1. The lowest BCUT2D eigenvalue weighted by molar-refractivity contribution is -0.158. The van der Waals surface area contributed by atoms with Crippen molar-refractivity contribution in [3.8, 4) is 0 Å². The molecule has 3 nitrogen and oxygen atoms in total. The van der Waals surface area contributed by atoms with Crippen LogP contribution >= 0.6 is 0 Å². The van der Waals surface area contributed by atoms with Gasteiger partial charge in [0.05, 0.1) is 5.92 Å². The van der Waals surface area contributed by atoms with Crippen LogP contribution in [0, 0.1) is 22.2 Å². The quantitative estimate of drug-likeness (QED) is 0.588. The summed E-state index contributed by atoms with van der Waals surface area (Å²) in [4.78, 5) is 15.1. The fraction of sp³-hybridized carbons (Fsp3) is 0.950. The molecule has 0 N–H and O–H groups in total. The molecule has 0 heterocycles. The highest BCUT2D eigenvalue weighted by molar-refractivity contribution is 5.73. The number of nitrogens with zero attached hydrogens (tertiary/aromatic N) is 1. The van der Waals surface area contributed by atoms with Crippen LogP contribution in [-0.4, -0.2) is 37.1 Å². The van der Waals surface area contributed by atoms with Crippen molar-refractivity contribution in [1.82, 2.24) is 4.90 Å². The summed E-state index contributed by atoms with van der Waals surface area (Å²) in [5.74, 6) is -0.119. The van der Waals surface area contributed by atoms with Gasteiger partial charge in [-0.05, 0) is 35.8 Å². The van der Waals surface area contributed by atoms with Gasteiger partial charge in [0, 0.05) is 6.54 Å². The minimum atomic E-state index is -0.118. The second kappa shape index (κ2) is 8.50. The minimum Gasteiger partial charge on any atom is -0.464 e. The highest BCUT2D eigenvalue weighted by Gasteiger charge is 2.45. The van der Waals surface area contributed by atoms with E-state index in [2.05, 4.69) is 74.1 Å². The molecule has 0 radical (unpaired) electrons. The molecule has 0 aromatic heterocycles. The van der Waals surface area contributed by atoms with Gasteiger partial charge in [-0.2, -0.15) is 0 Å². The van der Waals surface area contributed by atoms with E-state index in [4.69, 9.17) is 4.74 Å². The minimum absolute atomic E-state index is 0.0352. The fourth-order valence-corrected chi connectivity index (χ4v) is 2.68. The standard InChI is InChI=1S/C20H41NO2/c1-11-21(12-2)13-14-23-17(22)16(15-18(3,4)5)20(9,10)19(6,7)8/h16H,11-15H2,1-10H3. The highest BCUT2D eigenvalue weighted by atomic mass is 16.5. The number of rotatable bonds is 8. The summed E-state index contributed by atoms with van der Waals surface area (Å²) in [6, 6.07) is 0. The zero-order valence-corrected chi connectivity index (χ0v) is 17.4. The van der Waals surface area contributed by atoms with Crippen molar-refractivity contribution in [1.29, 1.82) is 0 Å². The number of hydrogen-bond acceptors (Lipinski definition) is 3. The van der Waals surface area contributed by atoms with Crippen LogP contribution < -0.4 is 0 Å². The topological polar surface area (TPSA) is 29.5 Å². The Bertz CT molecular complexity index is 357. The molecule has 1 unspecified atom stereocenters. The smallest absolute Gasteiger partial charge is 0.309 e. The molecule has 0 aromatic rings. The Kier molecular flexibility index (Phi) is 8.29. The van der Waals surface area contributed by atoms with Crippen LogP contribution in [-0.2, 0) is 9.53 Å². The summed E-state index contributed by atoms with van der Waals surface area (Å²) in [6.45, 7) is 25.2. The molecule has 0 fully saturated rings.